The number of hydrogen-bond acceptors (Lipinski definition) is 3. The molecule has 4 heteroatoms. The molecule has 106 valence electrons. The Morgan fingerprint density at radius 1 is 1.42 bits per heavy atom. The Morgan fingerprint density at radius 3 is 2.63 bits per heavy atom. The maximum atomic E-state index is 10.5. The van der Waals surface area contributed by atoms with Crippen LogP contribution in [-0.4, -0.2) is 31.8 Å². The fourth-order valence-electron chi connectivity index (χ4n) is 1.96. The lowest BCUT2D eigenvalue weighted by atomic mass is 10.0. The highest BCUT2D eigenvalue weighted by molar-refractivity contribution is 5.66. The summed E-state index contributed by atoms with van der Waals surface area (Å²) >= 11 is 0. The van der Waals surface area contributed by atoms with Gasteiger partial charge >= 0.3 is 5.97 Å². The molecule has 1 N–H and O–H groups in total. The number of nitrogens with zero attached hydrogens (tertiary/aromatic N) is 1. The molecule has 0 amide bonds. The summed E-state index contributed by atoms with van der Waals surface area (Å²) in [6.45, 7) is 4.99. The molecule has 0 saturated heterocycles. The van der Waals surface area contributed by atoms with E-state index in [2.05, 4.69) is 19.9 Å². The molecule has 1 aromatic rings. The van der Waals surface area contributed by atoms with Gasteiger partial charge in [0.15, 0.2) is 0 Å². The molecule has 4 nitrogen and oxygen atoms in total. The summed E-state index contributed by atoms with van der Waals surface area (Å²) in [6.07, 6.45) is 0.817. The molecule has 0 radical (unpaired) electrons. The smallest absolute Gasteiger partial charge is 0.303 e. The van der Waals surface area contributed by atoms with Crippen LogP contribution in [0.2, 0.25) is 0 Å². The van der Waals surface area contributed by atoms with E-state index in [1.807, 2.05) is 24.1 Å². The molecule has 0 aliphatic heterocycles. The summed E-state index contributed by atoms with van der Waals surface area (Å²) in [5.41, 5.74) is 2.23. The normalized spacial score (nSPS) is 10.6. The van der Waals surface area contributed by atoms with E-state index in [9.17, 15) is 4.79 Å². The topological polar surface area (TPSA) is 49.8 Å². The highest BCUT2D eigenvalue weighted by Crippen LogP contribution is 2.31. The van der Waals surface area contributed by atoms with Crippen molar-refractivity contribution in [2.45, 2.75) is 32.6 Å². The molecule has 0 fully saturated rings. The maximum Gasteiger partial charge on any atom is 0.303 e. The van der Waals surface area contributed by atoms with Gasteiger partial charge < -0.3 is 14.7 Å². The quantitative estimate of drug-likeness (QED) is 0.823. The van der Waals surface area contributed by atoms with Crippen LogP contribution in [0.4, 0.5) is 5.69 Å². The molecular weight excluding hydrogens is 242 g/mol. The highest BCUT2D eigenvalue weighted by atomic mass is 16.5. The summed E-state index contributed by atoms with van der Waals surface area (Å²) in [5.74, 6) is 0.541. The van der Waals surface area contributed by atoms with E-state index in [0.717, 1.165) is 11.4 Å². The van der Waals surface area contributed by atoms with Crippen molar-refractivity contribution in [1.82, 2.24) is 0 Å². The molecule has 1 aromatic carbocycles. The zero-order valence-corrected chi connectivity index (χ0v) is 12.1. The minimum Gasteiger partial charge on any atom is -0.495 e. The van der Waals surface area contributed by atoms with Crippen LogP contribution in [0, 0.1) is 0 Å². The van der Waals surface area contributed by atoms with Crippen molar-refractivity contribution in [3.63, 3.8) is 0 Å². The van der Waals surface area contributed by atoms with Gasteiger partial charge in [-0.05, 0) is 30.0 Å². The van der Waals surface area contributed by atoms with E-state index in [4.69, 9.17) is 9.84 Å². The predicted octanol–water partition coefficient (Wildman–Crippen LogP) is 3.12. The average Bonchev–Trinajstić information content (AvgIpc) is 2.37. The fourth-order valence-corrected chi connectivity index (χ4v) is 1.96. The monoisotopic (exact) mass is 265 g/mol. The van der Waals surface area contributed by atoms with Crippen LogP contribution in [0.3, 0.4) is 0 Å². The largest absolute Gasteiger partial charge is 0.495 e. The summed E-state index contributed by atoms with van der Waals surface area (Å²) in [5, 5.41) is 8.65. The van der Waals surface area contributed by atoms with E-state index >= 15 is 0 Å². The first-order valence-electron chi connectivity index (χ1n) is 6.56. The lowest BCUT2D eigenvalue weighted by molar-refractivity contribution is -0.137. The Hall–Kier alpha value is -1.71. The Morgan fingerprint density at radius 2 is 2.11 bits per heavy atom. The number of anilines is 1. The van der Waals surface area contributed by atoms with Gasteiger partial charge in [-0.2, -0.15) is 0 Å². The third kappa shape index (κ3) is 4.47. The number of hydrogen-bond donors (Lipinski definition) is 1. The Balaban J connectivity index is 2.78. The van der Waals surface area contributed by atoms with Crippen LogP contribution in [0.1, 0.15) is 38.2 Å². The van der Waals surface area contributed by atoms with Gasteiger partial charge in [-0.1, -0.05) is 19.9 Å². The highest BCUT2D eigenvalue weighted by Gasteiger charge is 2.11. The maximum absolute atomic E-state index is 10.5. The number of rotatable bonds is 7. The third-order valence-electron chi connectivity index (χ3n) is 3.17. The van der Waals surface area contributed by atoms with Gasteiger partial charge in [0.05, 0.1) is 12.8 Å². The Bertz CT molecular complexity index is 429. The van der Waals surface area contributed by atoms with E-state index in [-0.39, 0.29) is 6.42 Å². The summed E-state index contributed by atoms with van der Waals surface area (Å²) in [4.78, 5) is 12.6. The second kappa shape index (κ2) is 7.02. The van der Waals surface area contributed by atoms with Gasteiger partial charge in [0.1, 0.15) is 5.75 Å². The molecule has 0 heterocycles. The molecule has 19 heavy (non-hydrogen) atoms. The molecular formula is C15H23NO3. The van der Waals surface area contributed by atoms with Gasteiger partial charge in [0.2, 0.25) is 0 Å². The van der Waals surface area contributed by atoms with Crippen LogP contribution in [-0.2, 0) is 4.79 Å². The van der Waals surface area contributed by atoms with Crippen molar-refractivity contribution in [2.75, 3.05) is 25.6 Å². The second-order valence-corrected chi connectivity index (χ2v) is 5.00. The average molecular weight is 265 g/mol. The lowest BCUT2D eigenvalue weighted by Gasteiger charge is -2.22. The summed E-state index contributed by atoms with van der Waals surface area (Å²) in [7, 11) is 3.61. The van der Waals surface area contributed by atoms with E-state index in [1.165, 1.54) is 5.56 Å². The van der Waals surface area contributed by atoms with Crippen molar-refractivity contribution in [3.8, 4) is 5.75 Å². The van der Waals surface area contributed by atoms with Gasteiger partial charge in [0.25, 0.3) is 0 Å². The van der Waals surface area contributed by atoms with Crippen molar-refractivity contribution in [2.24, 2.45) is 0 Å². The Kier molecular flexibility index (Phi) is 5.67. The van der Waals surface area contributed by atoms with E-state index in [1.54, 1.807) is 7.11 Å². The van der Waals surface area contributed by atoms with E-state index < -0.39 is 5.97 Å². The van der Waals surface area contributed by atoms with Crippen LogP contribution in [0.25, 0.3) is 0 Å². The van der Waals surface area contributed by atoms with Gasteiger partial charge in [0, 0.05) is 20.0 Å². The van der Waals surface area contributed by atoms with Crippen molar-refractivity contribution in [3.05, 3.63) is 23.8 Å². The molecule has 0 spiro atoms. The molecule has 0 aliphatic carbocycles. The van der Waals surface area contributed by atoms with E-state index in [0.29, 0.717) is 18.9 Å². The van der Waals surface area contributed by atoms with Gasteiger partial charge in [-0.15, -0.1) is 0 Å². The zero-order valence-electron chi connectivity index (χ0n) is 12.1. The minimum atomic E-state index is -0.754. The van der Waals surface area contributed by atoms with Crippen molar-refractivity contribution < 1.29 is 14.6 Å². The molecule has 0 atom stereocenters. The molecule has 0 unspecified atom stereocenters. The first kappa shape index (κ1) is 15.3. The zero-order chi connectivity index (χ0) is 14.4. The SMILES string of the molecule is COc1cc(C(C)C)ccc1N(C)CCCC(=O)O. The fraction of sp³-hybridized carbons (Fsp3) is 0.533. The number of carboxylic acid groups (broad SMARTS) is 1. The van der Waals surface area contributed by atoms with Crippen LogP contribution >= 0.6 is 0 Å². The third-order valence-corrected chi connectivity index (χ3v) is 3.17. The Labute approximate surface area is 115 Å². The summed E-state index contributed by atoms with van der Waals surface area (Å²) in [6, 6.07) is 6.18. The van der Waals surface area contributed by atoms with Crippen LogP contribution in [0.5, 0.6) is 5.75 Å². The lowest BCUT2D eigenvalue weighted by Crippen LogP contribution is -2.20. The van der Waals surface area contributed by atoms with Crippen LogP contribution in [0.15, 0.2) is 18.2 Å². The number of methoxy groups -OCH3 is 1. The molecule has 0 saturated carbocycles. The summed E-state index contributed by atoms with van der Waals surface area (Å²) < 4.78 is 5.43. The number of ether oxygens (including phenoxy) is 1. The first-order valence-corrected chi connectivity index (χ1v) is 6.56. The number of carboxylic acids is 1. The number of aliphatic carboxylic acids is 1. The molecule has 0 aliphatic rings. The predicted molar refractivity (Wildman–Crippen MR) is 77.2 cm³/mol. The number of benzene rings is 1. The van der Waals surface area contributed by atoms with Gasteiger partial charge in [-0.3, -0.25) is 4.79 Å². The second-order valence-electron chi connectivity index (χ2n) is 5.00. The standard InChI is InChI=1S/C15H23NO3/c1-11(2)12-7-8-13(14(10-12)19-4)16(3)9-5-6-15(17)18/h7-8,10-11H,5-6,9H2,1-4H3,(H,17,18). The van der Waals surface area contributed by atoms with Crippen molar-refractivity contribution in [1.29, 1.82) is 0 Å². The molecule has 0 aromatic heterocycles. The molecule has 0 bridgehead atoms. The minimum absolute atomic E-state index is 0.191. The molecule has 1 rings (SSSR count). The first-order chi connectivity index (χ1) is 8.95. The van der Waals surface area contributed by atoms with Gasteiger partial charge in [-0.25, -0.2) is 0 Å². The number of carbonyl (C=O) groups is 1. The van der Waals surface area contributed by atoms with Crippen molar-refractivity contribution >= 4 is 11.7 Å². The van der Waals surface area contributed by atoms with Crippen LogP contribution < -0.4 is 9.64 Å².